The molecule has 4 heteroatoms. The van der Waals surface area contributed by atoms with Crippen molar-refractivity contribution < 1.29 is 9.90 Å². The van der Waals surface area contributed by atoms with Gasteiger partial charge in [0, 0.05) is 37.9 Å². The van der Waals surface area contributed by atoms with Crippen LogP contribution < -0.4 is 0 Å². The van der Waals surface area contributed by atoms with E-state index in [1.165, 1.54) is 0 Å². The van der Waals surface area contributed by atoms with Crippen molar-refractivity contribution in [3.05, 3.63) is 0 Å². The second-order valence-electron chi connectivity index (χ2n) is 3.82. The van der Waals surface area contributed by atoms with E-state index in [4.69, 9.17) is 16.7 Å². The number of likely N-dealkylation sites (tertiary alicyclic amines) is 1. The molecule has 1 saturated heterocycles. The number of aliphatic hydroxyl groups is 1. The van der Waals surface area contributed by atoms with Crippen molar-refractivity contribution in [3.63, 3.8) is 0 Å². The van der Waals surface area contributed by atoms with Crippen molar-refractivity contribution in [2.45, 2.75) is 25.7 Å². The third kappa shape index (κ3) is 3.46. The molecule has 14 heavy (non-hydrogen) atoms. The van der Waals surface area contributed by atoms with Gasteiger partial charge in [-0.05, 0) is 19.3 Å². The number of hydrogen-bond acceptors (Lipinski definition) is 2. The number of amides is 1. The lowest BCUT2D eigenvalue weighted by Crippen LogP contribution is -2.28. The lowest BCUT2D eigenvalue weighted by atomic mass is 10.1. The third-order valence-electron chi connectivity index (χ3n) is 2.67. The predicted octanol–water partition coefficient (Wildman–Crippen LogP) is 1.24. The van der Waals surface area contributed by atoms with Crippen LogP contribution in [0.15, 0.2) is 0 Å². The predicted molar refractivity (Wildman–Crippen MR) is 56.3 cm³/mol. The highest BCUT2D eigenvalue weighted by Gasteiger charge is 2.24. The molecule has 1 fully saturated rings. The van der Waals surface area contributed by atoms with E-state index < -0.39 is 0 Å². The molecule has 0 bridgehead atoms. The Hall–Kier alpha value is -0.280. The third-order valence-corrected chi connectivity index (χ3v) is 2.94. The highest BCUT2D eigenvalue weighted by atomic mass is 35.5. The van der Waals surface area contributed by atoms with Crippen molar-refractivity contribution in [1.29, 1.82) is 0 Å². The topological polar surface area (TPSA) is 40.5 Å². The maximum Gasteiger partial charge on any atom is 0.222 e. The summed E-state index contributed by atoms with van der Waals surface area (Å²) in [5, 5.41) is 8.92. The van der Waals surface area contributed by atoms with Crippen molar-refractivity contribution >= 4 is 17.5 Å². The first-order chi connectivity index (χ1) is 6.77. The fourth-order valence-corrected chi connectivity index (χ4v) is 1.93. The van der Waals surface area contributed by atoms with Crippen molar-refractivity contribution in [1.82, 2.24) is 4.90 Å². The maximum absolute atomic E-state index is 11.6. The summed E-state index contributed by atoms with van der Waals surface area (Å²) in [5.74, 6) is 1.14. The minimum absolute atomic E-state index is 0.200. The number of unbranched alkanes of at least 4 members (excludes halogenated alkanes) is 1. The molecule has 1 atom stereocenters. The van der Waals surface area contributed by atoms with Gasteiger partial charge < -0.3 is 10.0 Å². The van der Waals surface area contributed by atoms with E-state index >= 15 is 0 Å². The zero-order valence-corrected chi connectivity index (χ0v) is 9.17. The Morgan fingerprint density at radius 1 is 1.50 bits per heavy atom. The number of halogens is 1. The SMILES string of the molecule is O=C(CCCCCl)N1CCC(CO)C1. The van der Waals surface area contributed by atoms with Crippen LogP contribution in [0.3, 0.4) is 0 Å². The molecule has 3 nitrogen and oxygen atoms in total. The van der Waals surface area contributed by atoms with Gasteiger partial charge in [0.1, 0.15) is 0 Å². The van der Waals surface area contributed by atoms with Gasteiger partial charge >= 0.3 is 0 Å². The fourth-order valence-electron chi connectivity index (χ4n) is 1.74. The minimum atomic E-state index is 0.200. The second kappa shape index (κ2) is 6.25. The fraction of sp³-hybridized carbons (Fsp3) is 0.900. The lowest BCUT2D eigenvalue weighted by molar-refractivity contribution is -0.130. The zero-order valence-electron chi connectivity index (χ0n) is 8.41. The van der Waals surface area contributed by atoms with Gasteiger partial charge in [-0.3, -0.25) is 4.79 Å². The van der Waals surface area contributed by atoms with Gasteiger partial charge in [-0.15, -0.1) is 11.6 Å². The van der Waals surface area contributed by atoms with Gasteiger partial charge in [-0.25, -0.2) is 0 Å². The minimum Gasteiger partial charge on any atom is -0.396 e. The van der Waals surface area contributed by atoms with Gasteiger partial charge in [-0.1, -0.05) is 0 Å². The highest BCUT2D eigenvalue weighted by Crippen LogP contribution is 2.16. The van der Waals surface area contributed by atoms with E-state index in [-0.39, 0.29) is 12.5 Å². The van der Waals surface area contributed by atoms with Gasteiger partial charge in [0.2, 0.25) is 5.91 Å². The summed E-state index contributed by atoms with van der Waals surface area (Å²) in [6.45, 7) is 1.74. The molecule has 1 aliphatic rings. The van der Waals surface area contributed by atoms with Gasteiger partial charge in [-0.2, -0.15) is 0 Å². The summed E-state index contributed by atoms with van der Waals surface area (Å²) in [4.78, 5) is 13.4. The van der Waals surface area contributed by atoms with Crippen LogP contribution in [-0.4, -0.2) is 41.5 Å². The van der Waals surface area contributed by atoms with Crippen LogP contribution >= 0.6 is 11.6 Å². The lowest BCUT2D eigenvalue weighted by Gasteiger charge is -2.15. The molecule has 0 aromatic carbocycles. The number of nitrogens with zero attached hydrogens (tertiary/aromatic N) is 1. The van der Waals surface area contributed by atoms with Crippen molar-refractivity contribution in [3.8, 4) is 0 Å². The molecule has 1 rings (SSSR count). The molecule has 1 amide bonds. The Balaban J connectivity index is 2.18. The largest absolute Gasteiger partial charge is 0.396 e. The Morgan fingerprint density at radius 3 is 2.86 bits per heavy atom. The molecule has 0 aliphatic carbocycles. The van der Waals surface area contributed by atoms with Crippen LogP contribution in [0.25, 0.3) is 0 Å². The standard InChI is InChI=1S/C10H18ClNO2/c11-5-2-1-3-10(14)12-6-4-9(7-12)8-13/h9,13H,1-8H2. The molecule has 1 aliphatic heterocycles. The van der Waals surface area contributed by atoms with Crippen LogP contribution in [-0.2, 0) is 4.79 Å². The quantitative estimate of drug-likeness (QED) is 0.558. The van der Waals surface area contributed by atoms with E-state index in [1.807, 2.05) is 4.90 Å². The molecule has 1 heterocycles. The highest BCUT2D eigenvalue weighted by molar-refractivity contribution is 6.17. The molecule has 0 radical (unpaired) electrons. The Morgan fingerprint density at radius 2 is 2.29 bits per heavy atom. The average Bonchev–Trinajstić information content (AvgIpc) is 2.66. The van der Waals surface area contributed by atoms with Crippen molar-refractivity contribution in [2.75, 3.05) is 25.6 Å². The van der Waals surface area contributed by atoms with E-state index in [0.717, 1.165) is 32.4 Å². The van der Waals surface area contributed by atoms with Gasteiger partial charge in [0.15, 0.2) is 0 Å². The molecule has 0 aromatic rings. The summed E-state index contributed by atoms with van der Waals surface area (Å²) < 4.78 is 0. The van der Waals surface area contributed by atoms with E-state index in [9.17, 15) is 4.79 Å². The molecular formula is C10H18ClNO2. The summed E-state index contributed by atoms with van der Waals surface area (Å²) in [6, 6.07) is 0. The first-order valence-corrected chi connectivity index (χ1v) is 5.76. The van der Waals surface area contributed by atoms with Gasteiger partial charge in [0.25, 0.3) is 0 Å². The van der Waals surface area contributed by atoms with Crippen LogP contribution in [0.2, 0.25) is 0 Å². The number of carbonyl (C=O) groups is 1. The van der Waals surface area contributed by atoms with E-state index in [0.29, 0.717) is 18.2 Å². The first kappa shape index (κ1) is 11.8. The van der Waals surface area contributed by atoms with Crippen LogP contribution in [0.5, 0.6) is 0 Å². The summed E-state index contributed by atoms with van der Waals surface area (Å²) >= 11 is 5.53. The van der Waals surface area contributed by atoms with Gasteiger partial charge in [0.05, 0.1) is 0 Å². The average molecular weight is 220 g/mol. The number of aliphatic hydroxyl groups excluding tert-OH is 1. The monoisotopic (exact) mass is 219 g/mol. The van der Waals surface area contributed by atoms with E-state index in [2.05, 4.69) is 0 Å². The molecule has 1 unspecified atom stereocenters. The molecule has 0 aromatic heterocycles. The smallest absolute Gasteiger partial charge is 0.222 e. The summed E-state index contributed by atoms with van der Waals surface area (Å²) in [5.41, 5.74) is 0. The van der Waals surface area contributed by atoms with Crippen LogP contribution in [0, 0.1) is 5.92 Å². The van der Waals surface area contributed by atoms with Crippen LogP contribution in [0.1, 0.15) is 25.7 Å². The zero-order chi connectivity index (χ0) is 10.4. The second-order valence-corrected chi connectivity index (χ2v) is 4.20. The van der Waals surface area contributed by atoms with Crippen LogP contribution in [0.4, 0.5) is 0 Å². The molecular weight excluding hydrogens is 202 g/mol. The normalized spacial score (nSPS) is 21.6. The van der Waals surface area contributed by atoms with E-state index in [1.54, 1.807) is 0 Å². The molecule has 0 saturated carbocycles. The Kier molecular flexibility index (Phi) is 5.26. The summed E-state index contributed by atoms with van der Waals surface area (Å²) in [6.07, 6.45) is 3.33. The Labute approximate surface area is 90.0 Å². The number of carbonyl (C=O) groups excluding carboxylic acids is 1. The van der Waals surface area contributed by atoms with Crippen molar-refractivity contribution in [2.24, 2.45) is 5.92 Å². The molecule has 0 spiro atoms. The maximum atomic E-state index is 11.6. The Bertz CT molecular complexity index is 187. The number of alkyl halides is 1. The first-order valence-electron chi connectivity index (χ1n) is 5.22. The number of hydrogen-bond donors (Lipinski definition) is 1. The summed E-state index contributed by atoms with van der Waals surface area (Å²) in [7, 11) is 0. The molecule has 1 N–H and O–H groups in total. The molecule has 82 valence electrons. The number of rotatable bonds is 5.